The molecule has 0 aromatic heterocycles. The Morgan fingerprint density at radius 1 is 1.00 bits per heavy atom. The van der Waals surface area contributed by atoms with Crippen LogP contribution < -0.4 is 0 Å². The topological polar surface area (TPSA) is 29.5 Å². The molecule has 0 unspecified atom stereocenters. The van der Waals surface area contributed by atoms with Crippen molar-refractivity contribution in [2.24, 2.45) is 0 Å². The van der Waals surface area contributed by atoms with Gasteiger partial charge in [-0.25, -0.2) is 4.39 Å². The molecule has 1 aliphatic heterocycles. The molecule has 0 spiro atoms. The van der Waals surface area contributed by atoms with Crippen LogP contribution in [0.4, 0.5) is 4.39 Å². The molecule has 0 amide bonds. The lowest BCUT2D eigenvalue weighted by atomic mass is 9.88. The van der Waals surface area contributed by atoms with Gasteiger partial charge in [-0.2, -0.15) is 0 Å². The molecule has 102 valence electrons. The Morgan fingerprint density at radius 3 is 2.60 bits per heavy atom. The molecule has 4 rings (SSSR count). The summed E-state index contributed by atoms with van der Waals surface area (Å²) in [6.07, 6.45) is 0.0414. The van der Waals surface area contributed by atoms with Crippen molar-refractivity contribution in [3.63, 3.8) is 0 Å². The molecule has 0 saturated carbocycles. The molecule has 1 saturated heterocycles. The van der Waals surface area contributed by atoms with E-state index in [9.17, 15) is 9.50 Å². The molecule has 2 nitrogen and oxygen atoms in total. The second-order valence-electron chi connectivity index (χ2n) is 5.49. The summed E-state index contributed by atoms with van der Waals surface area (Å²) in [7, 11) is 0. The standard InChI is InChI=1S/C17H15FO2/c18-10-5-6-13-15(9-10)17-14(7-8-20-17)11-3-1-2-4-12(11)16(13)19/h1-6,9,14,16-17,19H,7-8H2/t14-,16-,17+/m1/s1. The molecular formula is C17H15FO2. The average Bonchev–Trinajstić information content (AvgIpc) is 2.92. The monoisotopic (exact) mass is 270 g/mol. The fourth-order valence-electron chi connectivity index (χ4n) is 3.52. The first-order chi connectivity index (χ1) is 9.75. The van der Waals surface area contributed by atoms with Crippen molar-refractivity contribution < 1.29 is 14.2 Å². The summed E-state index contributed by atoms with van der Waals surface area (Å²) in [6.45, 7) is 0.676. The lowest BCUT2D eigenvalue weighted by Gasteiger charge is -2.19. The average molecular weight is 270 g/mol. The van der Waals surface area contributed by atoms with Gasteiger partial charge < -0.3 is 9.84 Å². The highest BCUT2D eigenvalue weighted by Gasteiger charge is 2.38. The van der Waals surface area contributed by atoms with Gasteiger partial charge in [0.25, 0.3) is 0 Å². The highest BCUT2D eigenvalue weighted by Crippen LogP contribution is 2.49. The van der Waals surface area contributed by atoms with Gasteiger partial charge in [-0.05, 0) is 40.8 Å². The van der Waals surface area contributed by atoms with Crippen LogP contribution in [-0.4, -0.2) is 11.7 Å². The maximum Gasteiger partial charge on any atom is 0.123 e. The van der Waals surface area contributed by atoms with Crippen LogP contribution in [0.2, 0.25) is 0 Å². The molecule has 2 aromatic rings. The van der Waals surface area contributed by atoms with Crippen LogP contribution in [0.5, 0.6) is 0 Å². The molecule has 3 heteroatoms. The maximum atomic E-state index is 13.6. The van der Waals surface area contributed by atoms with Crippen molar-refractivity contribution in [3.05, 3.63) is 70.5 Å². The number of ether oxygens (including phenoxy) is 1. The number of rotatable bonds is 0. The smallest absolute Gasteiger partial charge is 0.123 e. The summed E-state index contributed by atoms with van der Waals surface area (Å²) in [4.78, 5) is 0. The molecule has 0 bridgehead atoms. The molecule has 1 fully saturated rings. The van der Waals surface area contributed by atoms with Gasteiger partial charge in [-0.15, -0.1) is 0 Å². The Hall–Kier alpha value is -1.71. The van der Waals surface area contributed by atoms with Gasteiger partial charge in [0, 0.05) is 12.5 Å². The molecular weight excluding hydrogens is 255 g/mol. The fourth-order valence-corrected chi connectivity index (χ4v) is 3.52. The summed E-state index contributed by atoms with van der Waals surface area (Å²) >= 11 is 0. The highest BCUT2D eigenvalue weighted by molar-refractivity contribution is 5.47. The van der Waals surface area contributed by atoms with Crippen molar-refractivity contribution in [3.8, 4) is 0 Å². The molecule has 1 heterocycles. The molecule has 3 atom stereocenters. The van der Waals surface area contributed by atoms with Crippen LogP contribution in [0.1, 0.15) is 46.8 Å². The van der Waals surface area contributed by atoms with Crippen LogP contribution in [0.25, 0.3) is 0 Å². The minimum atomic E-state index is -0.712. The Bertz CT molecular complexity index is 668. The third kappa shape index (κ3) is 1.63. The fraction of sp³-hybridized carbons (Fsp3) is 0.294. The van der Waals surface area contributed by atoms with Crippen LogP contribution in [-0.2, 0) is 4.74 Å². The number of hydrogen-bond donors (Lipinski definition) is 1. The van der Waals surface area contributed by atoms with E-state index in [0.29, 0.717) is 6.61 Å². The number of aliphatic hydroxyl groups is 1. The van der Waals surface area contributed by atoms with E-state index in [1.807, 2.05) is 24.3 Å². The van der Waals surface area contributed by atoms with Crippen LogP contribution in [0.15, 0.2) is 42.5 Å². The normalized spacial score (nSPS) is 27.4. The van der Waals surface area contributed by atoms with Gasteiger partial charge in [0.2, 0.25) is 0 Å². The third-order valence-corrected chi connectivity index (χ3v) is 4.43. The SMILES string of the molecule is O[C@@H]1c2ccccc2[C@H]2CCO[C@@H]2c2cc(F)ccc21. The lowest BCUT2D eigenvalue weighted by molar-refractivity contribution is 0.103. The van der Waals surface area contributed by atoms with E-state index in [-0.39, 0.29) is 17.8 Å². The number of hydrogen-bond acceptors (Lipinski definition) is 2. The first-order valence-corrected chi connectivity index (χ1v) is 6.93. The minimum Gasteiger partial charge on any atom is -0.384 e. The van der Waals surface area contributed by atoms with Crippen molar-refractivity contribution in [1.82, 2.24) is 0 Å². The third-order valence-electron chi connectivity index (χ3n) is 4.43. The van der Waals surface area contributed by atoms with E-state index < -0.39 is 6.10 Å². The largest absolute Gasteiger partial charge is 0.384 e. The van der Waals surface area contributed by atoms with Gasteiger partial charge in [0.15, 0.2) is 0 Å². The summed E-state index contributed by atoms with van der Waals surface area (Å²) in [5.74, 6) is -0.0833. The van der Waals surface area contributed by atoms with Crippen molar-refractivity contribution >= 4 is 0 Å². The Kier molecular flexibility index (Phi) is 2.65. The van der Waals surface area contributed by atoms with Gasteiger partial charge in [0.1, 0.15) is 11.9 Å². The van der Waals surface area contributed by atoms with Gasteiger partial charge in [-0.3, -0.25) is 0 Å². The summed E-state index contributed by atoms with van der Waals surface area (Å²) in [5, 5.41) is 10.7. The second kappa shape index (κ2) is 4.40. The van der Waals surface area contributed by atoms with Crippen molar-refractivity contribution in [2.75, 3.05) is 6.61 Å². The number of fused-ring (bicyclic) bond motifs is 5. The molecule has 2 aliphatic rings. The zero-order chi connectivity index (χ0) is 13.7. The van der Waals surface area contributed by atoms with Gasteiger partial charge in [-0.1, -0.05) is 30.3 Å². The van der Waals surface area contributed by atoms with E-state index in [4.69, 9.17) is 4.74 Å². The van der Waals surface area contributed by atoms with E-state index in [0.717, 1.165) is 28.7 Å². The van der Waals surface area contributed by atoms with Crippen molar-refractivity contribution in [2.45, 2.75) is 24.5 Å². The van der Waals surface area contributed by atoms with Crippen LogP contribution in [0.3, 0.4) is 0 Å². The van der Waals surface area contributed by atoms with Crippen LogP contribution >= 0.6 is 0 Å². The predicted octanol–water partition coefficient (Wildman–Crippen LogP) is 3.47. The molecule has 0 radical (unpaired) electrons. The minimum absolute atomic E-state index is 0.154. The summed E-state index contributed by atoms with van der Waals surface area (Å²) in [6, 6.07) is 12.5. The van der Waals surface area contributed by atoms with E-state index in [1.165, 1.54) is 12.1 Å². The number of halogens is 1. The van der Waals surface area contributed by atoms with Gasteiger partial charge >= 0.3 is 0 Å². The quantitative estimate of drug-likeness (QED) is 0.794. The number of benzene rings is 2. The number of aliphatic hydroxyl groups excluding tert-OH is 1. The summed E-state index contributed by atoms with van der Waals surface area (Å²) < 4.78 is 19.4. The van der Waals surface area contributed by atoms with E-state index in [1.54, 1.807) is 6.07 Å². The molecule has 1 aliphatic carbocycles. The zero-order valence-electron chi connectivity index (χ0n) is 10.9. The Labute approximate surface area is 116 Å². The van der Waals surface area contributed by atoms with Gasteiger partial charge in [0.05, 0.1) is 6.10 Å². The van der Waals surface area contributed by atoms with E-state index in [2.05, 4.69) is 0 Å². The molecule has 20 heavy (non-hydrogen) atoms. The lowest BCUT2D eigenvalue weighted by Crippen LogP contribution is -2.06. The van der Waals surface area contributed by atoms with E-state index >= 15 is 0 Å². The second-order valence-corrected chi connectivity index (χ2v) is 5.49. The molecule has 2 aromatic carbocycles. The predicted molar refractivity (Wildman–Crippen MR) is 73.0 cm³/mol. The maximum absolute atomic E-state index is 13.6. The first-order valence-electron chi connectivity index (χ1n) is 6.93. The Balaban J connectivity index is 2.00. The van der Waals surface area contributed by atoms with Crippen LogP contribution in [0, 0.1) is 5.82 Å². The Morgan fingerprint density at radius 2 is 1.75 bits per heavy atom. The zero-order valence-corrected chi connectivity index (χ0v) is 10.9. The van der Waals surface area contributed by atoms with Crippen molar-refractivity contribution in [1.29, 1.82) is 0 Å². The molecule has 1 N–H and O–H groups in total. The summed E-state index contributed by atoms with van der Waals surface area (Å²) in [5.41, 5.74) is 3.59. The first kappa shape index (κ1) is 12.1. The highest BCUT2D eigenvalue weighted by atomic mass is 19.1.